The molecule has 1 amide bonds. The molecule has 0 aliphatic carbocycles. The van der Waals surface area contributed by atoms with Crippen LogP contribution in [0, 0.1) is 0 Å². The Morgan fingerprint density at radius 2 is 1.46 bits per heavy atom. The summed E-state index contributed by atoms with van der Waals surface area (Å²) in [6.07, 6.45) is 0.983. The Bertz CT molecular complexity index is 794. The van der Waals surface area contributed by atoms with Crippen molar-refractivity contribution in [2.24, 2.45) is 0 Å². The van der Waals surface area contributed by atoms with E-state index in [0.717, 1.165) is 17.9 Å². The molecule has 0 heterocycles. The molecule has 0 saturated carbocycles. The molecular formula is C21H19NO2. The zero-order valence-corrected chi connectivity index (χ0v) is 13.5. The zero-order valence-electron chi connectivity index (χ0n) is 13.5. The number of amides is 1. The summed E-state index contributed by atoms with van der Waals surface area (Å²) in [6.45, 7) is 2.10. The number of ether oxygens (including phenoxy) is 1. The van der Waals surface area contributed by atoms with E-state index in [2.05, 4.69) is 12.2 Å². The molecule has 3 aromatic carbocycles. The fourth-order valence-electron chi connectivity index (χ4n) is 2.33. The molecule has 1 N–H and O–H groups in total. The summed E-state index contributed by atoms with van der Waals surface area (Å²) >= 11 is 0. The van der Waals surface area contributed by atoms with Gasteiger partial charge in [0.1, 0.15) is 11.5 Å². The molecule has 24 heavy (non-hydrogen) atoms. The highest BCUT2D eigenvalue weighted by Gasteiger charge is 2.06. The second kappa shape index (κ2) is 7.47. The van der Waals surface area contributed by atoms with E-state index in [9.17, 15) is 4.79 Å². The largest absolute Gasteiger partial charge is 0.457 e. The lowest BCUT2D eigenvalue weighted by Crippen LogP contribution is -2.11. The van der Waals surface area contributed by atoms with Crippen LogP contribution in [-0.2, 0) is 6.42 Å². The summed E-state index contributed by atoms with van der Waals surface area (Å²) < 4.78 is 5.73. The van der Waals surface area contributed by atoms with Crippen molar-refractivity contribution in [3.8, 4) is 11.5 Å². The molecule has 0 bridgehead atoms. The molecule has 0 spiro atoms. The first-order valence-electron chi connectivity index (χ1n) is 7.98. The summed E-state index contributed by atoms with van der Waals surface area (Å²) in [5.74, 6) is 1.33. The van der Waals surface area contributed by atoms with Gasteiger partial charge in [-0.2, -0.15) is 0 Å². The number of carbonyl (C=O) groups excluding carboxylic acids is 1. The van der Waals surface area contributed by atoms with Gasteiger partial charge in [0.15, 0.2) is 0 Å². The van der Waals surface area contributed by atoms with Gasteiger partial charge < -0.3 is 10.1 Å². The summed E-state index contributed by atoms with van der Waals surface area (Å²) in [5.41, 5.74) is 2.63. The minimum absolute atomic E-state index is 0.134. The van der Waals surface area contributed by atoms with E-state index in [-0.39, 0.29) is 5.91 Å². The summed E-state index contributed by atoms with van der Waals surface area (Å²) in [6, 6.07) is 24.5. The first kappa shape index (κ1) is 15.8. The van der Waals surface area contributed by atoms with E-state index in [1.54, 1.807) is 24.3 Å². The predicted molar refractivity (Wildman–Crippen MR) is 96.7 cm³/mol. The van der Waals surface area contributed by atoms with Crippen LogP contribution in [0.5, 0.6) is 11.5 Å². The van der Waals surface area contributed by atoms with Crippen molar-refractivity contribution in [3.05, 3.63) is 90.0 Å². The van der Waals surface area contributed by atoms with Gasteiger partial charge in [-0.3, -0.25) is 4.79 Å². The first-order chi connectivity index (χ1) is 11.7. The van der Waals surface area contributed by atoms with Gasteiger partial charge in [-0.05, 0) is 60.5 Å². The van der Waals surface area contributed by atoms with Crippen LogP contribution in [0.3, 0.4) is 0 Å². The van der Waals surface area contributed by atoms with Crippen LogP contribution in [0.15, 0.2) is 78.9 Å². The molecule has 3 rings (SSSR count). The van der Waals surface area contributed by atoms with Gasteiger partial charge >= 0.3 is 0 Å². The van der Waals surface area contributed by atoms with Crippen molar-refractivity contribution in [2.75, 3.05) is 5.32 Å². The number of carbonyl (C=O) groups is 1. The number of nitrogens with one attached hydrogen (secondary N) is 1. The third kappa shape index (κ3) is 4.02. The van der Waals surface area contributed by atoms with E-state index in [1.165, 1.54) is 5.56 Å². The smallest absolute Gasteiger partial charge is 0.255 e. The summed E-state index contributed by atoms with van der Waals surface area (Å²) in [7, 11) is 0. The van der Waals surface area contributed by atoms with Crippen molar-refractivity contribution in [1.82, 2.24) is 0 Å². The van der Waals surface area contributed by atoms with E-state index in [0.29, 0.717) is 11.3 Å². The fourth-order valence-corrected chi connectivity index (χ4v) is 2.33. The van der Waals surface area contributed by atoms with Crippen LogP contribution in [0.4, 0.5) is 5.69 Å². The monoisotopic (exact) mass is 317 g/mol. The Morgan fingerprint density at radius 1 is 0.833 bits per heavy atom. The lowest BCUT2D eigenvalue weighted by molar-refractivity contribution is 0.102. The quantitative estimate of drug-likeness (QED) is 0.694. The Labute approximate surface area is 141 Å². The Balaban J connectivity index is 1.64. The van der Waals surface area contributed by atoms with E-state index >= 15 is 0 Å². The van der Waals surface area contributed by atoms with Gasteiger partial charge in [0, 0.05) is 11.3 Å². The number of benzene rings is 3. The molecule has 0 aliphatic heterocycles. The third-order valence-corrected chi connectivity index (χ3v) is 3.72. The summed E-state index contributed by atoms with van der Waals surface area (Å²) in [4.78, 5) is 12.3. The number of para-hydroxylation sites is 1. The standard InChI is InChI=1S/C21H19NO2/c1-2-16-8-12-18(13-9-16)22-21(23)17-10-14-20(15-11-17)24-19-6-4-3-5-7-19/h3-15H,2H2,1H3,(H,22,23). The van der Waals surface area contributed by atoms with Crippen molar-refractivity contribution >= 4 is 11.6 Å². The van der Waals surface area contributed by atoms with Crippen LogP contribution in [0.25, 0.3) is 0 Å². The van der Waals surface area contributed by atoms with Crippen molar-refractivity contribution < 1.29 is 9.53 Å². The van der Waals surface area contributed by atoms with Gasteiger partial charge in [0.05, 0.1) is 0 Å². The highest BCUT2D eigenvalue weighted by molar-refractivity contribution is 6.04. The molecule has 3 heteroatoms. The van der Waals surface area contributed by atoms with Crippen molar-refractivity contribution in [2.45, 2.75) is 13.3 Å². The number of anilines is 1. The van der Waals surface area contributed by atoms with E-state index in [1.807, 2.05) is 54.6 Å². The van der Waals surface area contributed by atoms with Crippen LogP contribution in [0.2, 0.25) is 0 Å². The van der Waals surface area contributed by atoms with E-state index in [4.69, 9.17) is 4.74 Å². The molecule has 0 aliphatic rings. The maximum absolute atomic E-state index is 12.3. The average molecular weight is 317 g/mol. The number of hydrogen-bond donors (Lipinski definition) is 1. The predicted octanol–water partition coefficient (Wildman–Crippen LogP) is 5.29. The second-order valence-corrected chi connectivity index (χ2v) is 5.44. The molecule has 0 aromatic heterocycles. The van der Waals surface area contributed by atoms with Crippen LogP contribution in [-0.4, -0.2) is 5.91 Å². The van der Waals surface area contributed by atoms with Gasteiger partial charge in [-0.1, -0.05) is 37.3 Å². The molecule has 0 radical (unpaired) electrons. The van der Waals surface area contributed by atoms with Crippen molar-refractivity contribution in [1.29, 1.82) is 0 Å². The highest BCUT2D eigenvalue weighted by Crippen LogP contribution is 2.21. The lowest BCUT2D eigenvalue weighted by atomic mass is 10.1. The van der Waals surface area contributed by atoms with Gasteiger partial charge in [0.2, 0.25) is 0 Å². The number of rotatable bonds is 5. The second-order valence-electron chi connectivity index (χ2n) is 5.44. The maximum Gasteiger partial charge on any atom is 0.255 e. The third-order valence-electron chi connectivity index (χ3n) is 3.72. The van der Waals surface area contributed by atoms with Gasteiger partial charge in [-0.25, -0.2) is 0 Å². The Hall–Kier alpha value is -3.07. The van der Waals surface area contributed by atoms with Gasteiger partial charge in [-0.15, -0.1) is 0 Å². The molecule has 0 saturated heterocycles. The first-order valence-corrected chi connectivity index (χ1v) is 7.98. The zero-order chi connectivity index (χ0) is 16.8. The minimum Gasteiger partial charge on any atom is -0.457 e. The lowest BCUT2D eigenvalue weighted by Gasteiger charge is -2.08. The minimum atomic E-state index is -0.134. The number of hydrogen-bond acceptors (Lipinski definition) is 2. The van der Waals surface area contributed by atoms with Crippen LogP contribution >= 0.6 is 0 Å². The highest BCUT2D eigenvalue weighted by atomic mass is 16.5. The normalized spacial score (nSPS) is 10.2. The molecule has 3 aromatic rings. The topological polar surface area (TPSA) is 38.3 Å². The molecule has 120 valence electrons. The molecular weight excluding hydrogens is 298 g/mol. The SMILES string of the molecule is CCc1ccc(NC(=O)c2ccc(Oc3ccccc3)cc2)cc1. The number of aryl methyl sites for hydroxylation is 1. The molecule has 0 atom stereocenters. The van der Waals surface area contributed by atoms with E-state index < -0.39 is 0 Å². The molecule has 3 nitrogen and oxygen atoms in total. The fraction of sp³-hybridized carbons (Fsp3) is 0.0952. The summed E-state index contributed by atoms with van der Waals surface area (Å²) in [5, 5.41) is 2.90. The molecule has 0 unspecified atom stereocenters. The van der Waals surface area contributed by atoms with Crippen LogP contribution in [0.1, 0.15) is 22.8 Å². The van der Waals surface area contributed by atoms with Crippen molar-refractivity contribution in [3.63, 3.8) is 0 Å². The Morgan fingerprint density at radius 3 is 2.08 bits per heavy atom. The van der Waals surface area contributed by atoms with Crippen LogP contribution < -0.4 is 10.1 Å². The van der Waals surface area contributed by atoms with Gasteiger partial charge in [0.25, 0.3) is 5.91 Å². The Kier molecular flexibility index (Phi) is 4.92. The maximum atomic E-state index is 12.3. The molecule has 0 fully saturated rings. The average Bonchev–Trinajstić information content (AvgIpc) is 2.64.